The molecule has 0 spiro atoms. The molecule has 10 nitrogen and oxygen atoms in total. The predicted octanol–water partition coefficient (Wildman–Crippen LogP) is 3.12. The first-order chi connectivity index (χ1) is 18.5. The molecule has 4 rings (SSSR count). The second-order valence-electron chi connectivity index (χ2n) is 10.4. The lowest BCUT2D eigenvalue weighted by Gasteiger charge is -2.28. The number of aromatic nitrogens is 3. The van der Waals surface area contributed by atoms with Crippen molar-refractivity contribution in [1.29, 1.82) is 0 Å². The van der Waals surface area contributed by atoms with E-state index in [1.165, 1.54) is 12.1 Å². The molecule has 4 aromatic rings. The number of carbonyl (C=O) groups is 2. The van der Waals surface area contributed by atoms with Crippen molar-refractivity contribution in [2.75, 3.05) is 13.2 Å². The number of hydrogen-bond acceptors (Lipinski definition) is 7. The van der Waals surface area contributed by atoms with Crippen LogP contribution in [0, 0.1) is 18.2 Å². The third kappa shape index (κ3) is 6.32. The van der Waals surface area contributed by atoms with Gasteiger partial charge < -0.3 is 25.3 Å². The molecule has 206 valence electrons. The fourth-order valence-electron chi connectivity index (χ4n) is 4.14. The Morgan fingerprint density at radius 2 is 1.77 bits per heavy atom. The molecule has 2 atom stereocenters. The minimum atomic E-state index is -1.10. The highest BCUT2D eigenvalue weighted by Gasteiger charge is 2.35. The maximum Gasteiger partial charge on any atom is 0.273 e. The zero-order chi connectivity index (χ0) is 28.3. The van der Waals surface area contributed by atoms with Crippen molar-refractivity contribution >= 4 is 22.7 Å². The SMILES string of the molecule is Cc1oc([C@@H](NC(=O)c2nn(Cc3ccc(F)cc3)c3ccccc23)C(C)(C)C)nc1C(=O)NC[C@H](O)CO. The van der Waals surface area contributed by atoms with Crippen molar-refractivity contribution in [2.24, 2.45) is 5.41 Å². The van der Waals surface area contributed by atoms with Crippen LogP contribution in [0.3, 0.4) is 0 Å². The largest absolute Gasteiger partial charge is 0.443 e. The lowest BCUT2D eigenvalue weighted by atomic mass is 9.86. The number of para-hydroxylation sites is 1. The number of halogens is 1. The van der Waals surface area contributed by atoms with Crippen LogP contribution >= 0.6 is 0 Å². The molecule has 4 N–H and O–H groups in total. The Bertz CT molecular complexity index is 1470. The van der Waals surface area contributed by atoms with Gasteiger partial charge >= 0.3 is 0 Å². The van der Waals surface area contributed by atoms with Gasteiger partial charge in [0, 0.05) is 11.9 Å². The van der Waals surface area contributed by atoms with Gasteiger partial charge in [-0.05, 0) is 36.1 Å². The van der Waals surface area contributed by atoms with E-state index in [0.29, 0.717) is 11.9 Å². The van der Waals surface area contributed by atoms with Crippen LogP contribution in [-0.4, -0.2) is 56.0 Å². The molecular weight excluding hydrogens is 505 g/mol. The number of oxazole rings is 1. The Kier molecular flexibility index (Phi) is 8.12. The van der Waals surface area contributed by atoms with Crippen LogP contribution in [0.1, 0.15) is 65.0 Å². The number of amides is 2. The predicted molar refractivity (Wildman–Crippen MR) is 142 cm³/mol. The second kappa shape index (κ2) is 11.3. The number of nitrogens with one attached hydrogen (secondary N) is 2. The smallest absolute Gasteiger partial charge is 0.273 e. The Balaban J connectivity index is 1.62. The summed E-state index contributed by atoms with van der Waals surface area (Å²) in [6, 6.07) is 12.7. The number of fused-ring (bicyclic) bond motifs is 1. The lowest BCUT2D eigenvalue weighted by Crippen LogP contribution is -2.37. The number of aliphatic hydroxyl groups is 2. The average molecular weight is 538 g/mol. The van der Waals surface area contributed by atoms with Gasteiger partial charge in [-0.15, -0.1) is 0 Å². The van der Waals surface area contributed by atoms with Gasteiger partial charge in [-0.1, -0.05) is 51.1 Å². The first kappa shape index (κ1) is 27.9. The summed E-state index contributed by atoms with van der Waals surface area (Å²) < 4.78 is 20.9. The number of aliphatic hydroxyl groups excluding tert-OH is 2. The van der Waals surface area contributed by atoms with Gasteiger partial charge in [0.2, 0.25) is 5.89 Å². The molecule has 0 saturated heterocycles. The molecule has 2 aromatic carbocycles. The quantitative estimate of drug-likeness (QED) is 0.257. The van der Waals surface area contributed by atoms with Crippen molar-refractivity contribution in [3.05, 3.63) is 83.0 Å². The van der Waals surface area contributed by atoms with Crippen LogP contribution in [0.2, 0.25) is 0 Å². The van der Waals surface area contributed by atoms with Crippen LogP contribution in [0.25, 0.3) is 10.9 Å². The number of rotatable bonds is 9. The number of aryl methyl sites for hydroxylation is 1. The molecule has 0 bridgehead atoms. The highest BCUT2D eigenvalue weighted by molar-refractivity contribution is 6.05. The summed E-state index contributed by atoms with van der Waals surface area (Å²) in [4.78, 5) is 30.5. The van der Waals surface area contributed by atoms with Gasteiger partial charge in [0.1, 0.15) is 17.6 Å². The van der Waals surface area contributed by atoms with Gasteiger partial charge in [0.25, 0.3) is 11.8 Å². The third-order valence-corrected chi connectivity index (χ3v) is 6.24. The molecule has 0 saturated carbocycles. The monoisotopic (exact) mass is 537 g/mol. The first-order valence-corrected chi connectivity index (χ1v) is 12.5. The average Bonchev–Trinajstić information content (AvgIpc) is 3.46. The summed E-state index contributed by atoms with van der Waals surface area (Å²) in [7, 11) is 0. The van der Waals surface area contributed by atoms with Crippen molar-refractivity contribution in [3.63, 3.8) is 0 Å². The summed E-state index contributed by atoms with van der Waals surface area (Å²) in [6.45, 7) is 7.00. The Morgan fingerprint density at radius 3 is 2.44 bits per heavy atom. The summed E-state index contributed by atoms with van der Waals surface area (Å²) in [5.74, 6) is -0.950. The van der Waals surface area contributed by atoms with Crippen LogP contribution in [0.4, 0.5) is 4.39 Å². The number of hydrogen-bond donors (Lipinski definition) is 4. The van der Waals surface area contributed by atoms with Gasteiger partial charge in [-0.3, -0.25) is 14.3 Å². The highest BCUT2D eigenvalue weighted by Crippen LogP contribution is 2.34. The zero-order valence-corrected chi connectivity index (χ0v) is 22.2. The summed E-state index contributed by atoms with van der Waals surface area (Å²) in [5, 5.41) is 29.2. The van der Waals surface area contributed by atoms with Crippen molar-refractivity contribution in [2.45, 2.75) is 46.4 Å². The zero-order valence-electron chi connectivity index (χ0n) is 22.2. The molecule has 0 unspecified atom stereocenters. The fourth-order valence-corrected chi connectivity index (χ4v) is 4.14. The molecule has 0 aliphatic carbocycles. The van der Waals surface area contributed by atoms with Crippen LogP contribution in [0.15, 0.2) is 52.9 Å². The summed E-state index contributed by atoms with van der Waals surface area (Å²) in [5.41, 5.74) is 1.25. The van der Waals surface area contributed by atoms with Gasteiger partial charge in [0.05, 0.1) is 24.8 Å². The van der Waals surface area contributed by atoms with E-state index in [1.807, 2.05) is 45.0 Å². The van der Waals surface area contributed by atoms with E-state index in [-0.39, 0.29) is 35.4 Å². The standard InChI is InChI=1S/C28H32FN5O5/c1-16-22(25(37)30-13-19(36)15-35)31-27(39-16)24(28(2,3)4)32-26(38)23-20-7-5-6-8-21(20)34(33-23)14-17-9-11-18(29)12-10-17/h5-12,19,24,35-36H,13-15H2,1-4H3,(H,30,37)(H,32,38)/t19-,24+/m0/s1. The number of benzene rings is 2. The first-order valence-electron chi connectivity index (χ1n) is 12.5. The summed E-state index contributed by atoms with van der Waals surface area (Å²) in [6.07, 6.45) is -1.10. The van der Waals surface area contributed by atoms with Gasteiger partial charge in [-0.2, -0.15) is 5.10 Å². The topological polar surface area (TPSA) is 143 Å². The molecule has 39 heavy (non-hydrogen) atoms. The Hall–Kier alpha value is -4.09. The van der Waals surface area contributed by atoms with Crippen LogP contribution < -0.4 is 10.6 Å². The molecule has 0 aliphatic heterocycles. The molecule has 0 radical (unpaired) electrons. The van der Waals surface area contributed by atoms with E-state index in [2.05, 4.69) is 20.7 Å². The van der Waals surface area contributed by atoms with Crippen molar-refractivity contribution < 1.29 is 28.6 Å². The van der Waals surface area contributed by atoms with E-state index in [9.17, 15) is 19.1 Å². The van der Waals surface area contributed by atoms with Crippen LogP contribution in [0.5, 0.6) is 0 Å². The fraction of sp³-hybridized carbons (Fsp3) is 0.357. The molecular formula is C28H32FN5O5. The van der Waals surface area contributed by atoms with Crippen molar-refractivity contribution in [1.82, 2.24) is 25.4 Å². The Labute approximate surface area is 224 Å². The van der Waals surface area contributed by atoms with E-state index in [0.717, 1.165) is 11.1 Å². The van der Waals surface area contributed by atoms with E-state index in [1.54, 1.807) is 23.7 Å². The lowest BCUT2D eigenvalue weighted by molar-refractivity contribution is 0.0798. The second-order valence-corrected chi connectivity index (χ2v) is 10.4. The van der Waals surface area contributed by atoms with Crippen molar-refractivity contribution in [3.8, 4) is 0 Å². The maximum absolute atomic E-state index is 13.6. The van der Waals surface area contributed by atoms with Gasteiger partial charge in [-0.25, -0.2) is 9.37 Å². The molecule has 2 heterocycles. The summed E-state index contributed by atoms with van der Waals surface area (Å²) >= 11 is 0. The molecule has 0 aliphatic rings. The molecule has 2 amide bonds. The van der Waals surface area contributed by atoms with E-state index in [4.69, 9.17) is 9.52 Å². The minimum Gasteiger partial charge on any atom is -0.443 e. The molecule has 2 aromatic heterocycles. The van der Waals surface area contributed by atoms with E-state index < -0.39 is 36.0 Å². The maximum atomic E-state index is 13.6. The Morgan fingerprint density at radius 1 is 1.08 bits per heavy atom. The number of nitrogens with zero attached hydrogens (tertiary/aromatic N) is 3. The number of carbonyl (C=O) groups excluding carboxylic acids is 2. The third-order valence-electron chi connectivity index (χ3n) is 6.24. The normalized spacial score (nSPS) is 13.3. The minimum absolute atomic E-state index is 0.0210. The molecule has 0 fully saturated rings. The van der Waals surface area contributed by atoms with Gasteiger partial charge in [0.15, 0.2) is 11.4 Å². The van der Waals surface area contributed by atoms with E-state index >= 15 is 0 Å². The molecule has 11 heteroatoms. The van der Waals surface area contributed by atoms with Crippen LogP contribution in [-0.2, 0) is 6.54 Å². The highest BCUT2D eigenvalue weighted by atomic mass is 19.1.